The van der Waals surface area contributed by atoms with Gasteiger partial charge in [-0.05, 0) is 11.6 Å². The van der Waals surface area contributed by atoms with Crippen molar-refractivity contribution in [1.29, 1.82) is 0 Å². The molecule has 3 rings (SSSR count). The second-order valence-corrected chi connectivity index (χ2v) is 7.21. The molecule has 1 aromatic rings. The van der Waals surface area contributed by atoms with Gasteiger partial charge in [0, 0.05) is 31.5 Å². The van der Waals surface area contributed by atoms with Crippen LogP contribution < -0.4 is 5.32 Å². The number of imide groups is 1. The SMILES string of the molecule is COCCSC1=NC2C(C(=O)NC(=O)N2C)N1Cc1ccccc1Cl. The summed E-state index contributed by atoms with van der Waals surface area (Å²) in [6.07, 6.45) is -0.534. The van der Waals surface area contributed by atoms with Crippen LogP contribution >= 0.6 is 23.4 Å². The molecule has 0 radical (unpaired) electrons. The van der Waals surface area contributed by atoms with Gasteiger partial charge in [-0.25, -0.2) is 9.79 Å². The zero-order valence-electron chi connectivity index (χ0n) is 13.9. The minimum atomic E-state index is -0.566. The van der Waals surface area contributed by atoms with Crippen LogP contribution in [0.5, 0.6) is 0 Å². The number of benzene rings is 1. The zero-order chi connectivity index (χ0) is 18.0. The number of amides is 3. The van der Waals surface area contributed by atoms with Crippen molar-refractivity contribution < 1.29 is 14.3 Å². The highest BCUT2D eigenvalue weighted by atomic mass is 35.5. The maximum atomic E-state index is 12.5. The van der Waals surface area contributed by atoms with Crippen LogP contribution in [0.3, 0.4) is 0 Å². The lowest BCUT2D eigenvalue weighted by Crippen LogP contribution is -2.63. The third kappa shape index (κ3) is 3.61. The molecule has 9 heteroatoms. The van der Waals surface area contributed by atoms with Gasteiger partial charge >= 0.3 is 6.03 Å². The topological polar surface area (TPSA) is 74.2 Å². The molecule has 1 fully saturated rings. The Bertz CT molecular complexity index is 714. The largest absolute Gasteiger partial charge is 0.384 e. The van der Waals surface area contributed by atoms with E-state index in [9.17, 15) is 9.59 Å². The van der Waals surface area contributed by atoms with Crippen LogP contribution in [0.15, 0.2) is 29.3 Å². The number of nitrogens with one attached hydrogen (secondary N) is 1. The number of urea groups is 1. The number of aliphatic imine (C=N–C) groups is 1. The number of carbonyl (C=O) groups excluding carboxylic acids is 2. The van der Waals surface area contributed by atoms with Crippen LogP contribution in [0.4, 0.5) is 4.79 Å². The Kier molecular flexibility index (Phi) is 5.51. The first-order chi connectivity index (χ1) is 12.0. The molecule has 0 spiro atoms. The van der Waals surface area contributed by atoms with Gasteiger partial charge in [0.1, 0.15) is 0 Å². The molecule has 0 bridgehead atoms. The smallest absolute Gasteiger partial charge is 0.325 e. The van der Waals surface area contributed by atoms with Crippen LogP contribution in [0, 0.1) is 0 Å². The fourth-order valence-electron chi connectivity index (χ4n) is 2.81. The number of rotatable bonds is 5. The monoisotopic (exact) mass is 382 g/mol. The number of amidine groups is 1. The van der Waals surface area contributed by atoms with E-state index < -0.39 is 18.2 Å². The standard InChI is InChI=1S/C16H19ClN4O3S/c1-20-13-12(14(22)19-15(20)23)21(16(18-13)25-8-7-24-2)9-10-5-3-4-6-11(10)17/h3-6,12-13H,7-9H2,1-2H3,(H,19,22,23). The van der Waals surface area contributed by atoms with E-state index in [4.69, 9.17) is 16.3 Å². The summed E-state index contributed by atoms with van der Waals surface area (Å²) >= 11 is 7.79. The van der Waals surface area contributed by atoms with Crippen LogP contribution in [-0.2, 0) is 16.1 Å². The van der Waals surface area contributed by atoms with E-state index in [1.54, 1.807) is 14.2 Å². The summed E-state index contributed by atoms with van der Waals surface area (Å²) in [7, 11) is 3.28. The van der Waals surface area contributed by atoms with Crippen molar-refractivity contribution in [3.05, 3.63) is 34.9 Å². The van der Waals surface area contributed by atoms with Gasteiger partial charge in [-0.1, -0.05) is 41.6 Å². The number of likely N-dealkylation sites (N-methyl/N-ethyl adjacent to an activating group) is 1. The summed E-state index contributed by atoms with van der Waals surface area (Å²) in [4.78, 5) is 32.3. The summed E-state index contributed by atoms with van der Waals surface area (Å²) in [5.41, 5.74) is 0.900. The quantitative estimate of drug-likeness (QED) is 0.785. The molecule has 2 aliphatic heterocycles. The van der Waals surface area contributed by atoms with Crippen molar-refractivity contribution in [2.75, 3.05) is 26.5 Å². The second-order valence-electron chi connectivity index (χ2n) is 5.74. The number of halogens is 1. The van der Waals surface area contributed by atoms with Gasteiger partial charge in [0.25, 0.3) is 5.91 Å². The lowest BCUT2D eigenvalue weighted by molar-refractivity contribution is -0.127. The highest BCUT2D eigenvalue weighted by molar-refractivity contribution is 8.13. The van der Waals surface area contributed by atoms with Crippen molar-refractivity contribution in [3.8, 4) is 0 Å². The molecule has 134 valence electrons. The van der Waals surface area contributed by atoms with E-state index >= 15 is 0 Å². The van der Waals surface area contributed by atoms with E-state index in [1.807, 2.05) is 29.2 Å². The average molecular weight is 383 g/mol. The first-order valence-corrected chi connectivity index (χ1v) is 9.16. The minimum absolute atomic E-state index is 0.341. The van der Waals surface area contributed by atoms with Crippen molar-refractivity contribution in [2.24, 2.45) is 4.99 Å². The molecule has 2 heterocycles. The van der Waals surface area contributed by atoms with Crippen LogP contribution in [-0.4, -0.2) is 65.6 Å². The Morgan fingerprint density at radius 3 is 2.84 bits per heavy atom. The molecule has 0 saturated carbocycles. The third-order valence-electron chi connectivity index (χ3n) is 4.14. The Labute approximate surface area is 155 Å². The fourth-order valence-corrected chi connectivity index (χ4v) is 3.97. The summed E-state index contributed by atoms with van der Waals surface area (Å²) in [6, 6.07) is 6.50. The van der Waals surface area contributed by atoms with Crippen molar-refractivity contribution >= 4 is 40.5 Å². The summed E-state index contributed by atoms with van der Waals surface area (Å²) < 4.78 is 5.09. The lowest BCUT2D eigenvalue weighted by Gasteiger charge is -2.36. The van der Waals surface area contributed by atoms with Gasteiger partial charge in [-0.3, -0.25) is 10.1 Å². The van der Waals surface area contributed by atoms with E-state index in [0.29, 0.717) is 29.1 Å². The molecule has 25 heavy (non-hydrogen) atoms. The molecule has 2 atom stereocenters. The number of fused-ring (bicyclic) bond motifs is 1. The fraction of sp³-hybridized carbons (Fsp3) is 0.438. The van der Waals surface area contributed by atoms with Crippen LogP contribution in [0.25, 0.3) is 0 Å². The van der Waals surface area contributed by atoms with Gasteiger partial charge in [0.2, 0.25) is 0 Å². The predicted octanol–water partition coefficient (Wildman–Crippen LogP) is 1.77. The first kappa shape index (κ1) is 18.0. The van der Waals surface area contributed by atoms with Crippen LogP contribution in [0.1, 0.15) is 5.56 Å². The number of thioether (sulfide) groups is 1. The summed E-state index contributed by atoms with van der Waals surface area (Å²) in [6.45, 7) is 1.01. The Hall–Kier alpha value is -1.77. The summed E-state index contributed by atoms with van der Waals surface area (Å²) in [5.74, 6) is 0.360. The number of hydrogen-bond donors (Lipinski definition) is 1. The molecule has 7 nitrogen and oxygen atoms in total. The van der Waals surface area contributed by atoms with Gasteiger partial charge in [0.15, 0.2) is 17.4 Å². The molecule has 1 saturated heterocycles. The molecule has 3 amide bonds. The van der Waals surface area contributed by atoms with Crippen LogP contribution in [0.2, 0.25) is 5.02 Å². The molecule has 2 unspecified atom stereocenters. The number of methoxy groups -OCH3 is 1. The highest BCUT2D eigenvalue weighted by Crippen LogP contribution is 2.31. The van der Waals surface area contributed by atoms with E-state index in [0.717, 1.165) is 5.56 Å². The second kappa shape index (κ2) is 7.63. The average Bonchev–Trinajstić information content (AvgIpc) is 2.94. The minimum Gasteiger partial charge on any atom is -0.384 e. The zero-order valence-corrected chi connectivity index (χ0v) is 15.5. The maximum Gasteiger partial charge on any atom is 0.325 e. The van der Waals surface area contributed by atoms with Crippen molar-refractivity contribution in [3.63, 3.8) is 0 Å². The van der Waals surface area contributed by atoms with Crippen molar-refractivity contribution in [2.45, 2.75) is 18.8 Å². The number of ether oxygens (including phenoxy) is 1. The molecule has 0 aromatic heterocycles. The third-order valence-corrected chi connectivity index (χ3v) is 5.48. The van der Waals surface area contributed by atoms with Gasteiger partial charge in [0.05, 0.1) is 6.61 Å². The van der Waals surface area contributed by atoms with Gasteiger partial charge in [-0.15, -0.1) is 0 Å². The predicted molar refractivity (Wildman–Crippen MR) is 97.6 cm³/mol. The van der Waals surface area contributed by atoms with E-state index in [-0.39, 0.29) is 5.91 Å². The Morgan fingerprint density at radius 2 is 2.12 bits per heavy atom. The molecule has 2 aliphatic rings. The first-order valence-electron chi connectivity index (χ1n) is 7.80. The normalized spacial score (nSPS) is 22.8. The number of carbonyl (C=O) groups is 2. The molecule has 0 aliphatic carbocycles. The highest BCUT2D eigenvalue weighted by Gasteiger charge is 2.48. The lowest BCUT2D eigenvalue weighted by atomic mass is 10.1. The Morgan fingerprint density at radius 1 is 1.36 bits per heavy atom. The molecular weight excluding hydrogens is 364 g/mol. The Balaban J connectivity index is 1.88. The van der Waals surface area contributed by atoms with Gasteiger partial charge in [-0.2, -0.15) is 0 Å². The van der Waals surface area contributed by atoms with E-state index in [1.165, 1.54) is 16.7 Å². The van der Waals surface area contributed by atoms with Gasteiger partial charge < -0.3 is 14.5 Å². The molecule has 1 aromatic carbocycles. The molecular formula is C16H19ClN4O3S. The summed E-state index contributed by atoms with van der Waals surface area (Å²) in [5, 5.41) is 3.73. The maximum absolute atomic E-state index is 12.5. The number of nitrogens with zero attached hydrogens (tertiary/aromatic N) is 3. The van der Waals surface area contributed by atoms with Crippen molar-refractivity contribution in [1.82, 2.24) is 15.1 Å². The number of hydrogen-bond acceptors (Lipinski definition) is 6. The molecule has 1 N–H and O–H groups in total. The van der Waals surface area contributed by atoms with E-state index in [2.05, 4.69) is 10.3 Å².